The van der Waals surface area contributed by atoms with Crippen molar-refractivity contribution in [3.8, 4) is 0 Å². The summed E-state index contributed by atoms with van der Waals surface area (Å²) in [7, 11) is 0. The largest absolute Gasteiger partial charge is 0.416 e. The number of rotatable bonds is 3. The van der Waals surface area contributed by atoms with Crippen molar-refractivity contribution in [2.45, 2.75) is 6.18 Å². The molecule has 2 rings (SSSR count). The van der Waals surface area contributed by atoms with Crippen LogP contribution in [0.15, 0.2) is 53.6 Å². The summed E-state index contributed by atoms with van der Waals surface area (Å²) in [4.78, 5) is 0. The van der Waals surface area contributed by atoms with Gasteiger partial charge in [-0.1, -0.05) is 23.7 Å². The topological polar surface area (TPSA) is 24.4 Å². The molecule has 0 unspecified atom stereocenters. The van der Waals surface area contributed by atoms with Crippen molar-refractivity contribution in [1.29, 1.82) is 0 Å². The van der Waals surface area contributed by atoms with Crippen LogP contribution < -0.4 is 5.43 Å². The summed E-state index contributed by atoms with van der Waals surface area (Å²) in [6, 6.07) is 11.6. The van der Waals surface area contributed by atoms with E-state index in [2.05, 4.69) is 10.5 Å². The number of hydrogen-bond donors (Lipinski definition) is 1. The van der Waals surface area contributed by atoms with E-state index in [4.69, 9.17) is 11.6 Å². The van der Waals surface area contributed by atoms with Crippen molar-refractivity contribution in [3.63, 3.8) is 0 Å². The average Bonchev–Trinajstić information content (AvgIpc) is 2.41. The van der Waals surface area contributed by atoms with Crippen LogP contribution >= 0.6 is 11.6 Å². The highest BCUT2D eigenvalue weighted by molar-refractivity contribution is 6.30. The van der Waals surface area contributed by atoms with Gasteiger partial charge in [0.2, 0.25) is 0 Å². The van der Waals surface area contributed by atoms with E-state index in [1.807, 2.05) is 0 Å². The van der Waals surface area contributed by atoms with Gasteiger partial charge in [-0.2, -0.15) is 18.3 Å². The molecule has 2 nitrogen and oxygen atoms in total. The molecule has 104 valence electrons. The number of nitrogens with zero attached hydrogens (tertiary/aromatic N) is 1. The Morgan fingerprint density at radius 1 is 0.950 bits per heavy atom. The molecular weight excluding hydrogens is 289 g/mol. The first-order chi connectivity index (χ1) is 9.45. The number of nitrogens with one attached hydrogen (secondary N) is 1. The van der Waals surface area contributed by atoms with Gasteiger partial charge < -0.3 is 0 Å². The van der Waals surface area contributed by atoms with E-state index in [9.17, 15) is 13.2 Å². The summed E-state index contributed by atoms with van der Waals surface area (Å²) >= 11 is 5.74. The Kier molecular flexibility index (Phi) is 4.29. The second-order valence-electron chi connectivity index (χ2n) is 4.00. The third-order valence-corrected chi connectivity index (χ3v) is 2.74. The van der Waals surface area contributed by atoms with E-state index in [-0.39, 0.29) is 0 Å². The quantitative estimate of drug-likeness (QED) is 0.638. The van der Waals surface area contributed by atoms with Crippen LogP contribution in [0.1, 0.15) is 11.1 Å². The van der Waals surface area contributed by atoms with Gasteiger partial charge in [0.1, 0.15) is 0 Å². The van der Waals surface area contributed by atoms with Gasteiger partial charge in [-0.15, -0.1) is 0 Å². The number of anilines is 1. The van der Waals surface area contributed by atoms with Gasteiger partial charge >= 0.3 is 6.18 Å². The van der Waals surface area contributed by atoms with Crippen LogP contribution in [0.5, 0.6) is 0 Å². The summed E-state index contributed by atoms with van der Waals surface area (Å²) in [5.41, 5.74) is 3.38. The van der Waals surface area contributed by atoms with Gasteiger partial charge in [0, 0.05) is 5.02 Å². The van der Waals surface area contributed by atoms with Gasteiger partial charge in [0.15, 0.2) is 0 Å². The van der Waals surface area contributed by atoms with Crippen LogP contribution in [0.4, 0.5) is 18.9 Å². The van der Waals surface area contributed by atoms with Crippen LogP contribution in [-0.2, 0) is 6.18 Å². The second kappa shape index (κ2) is 5.96. The maximum Gasteiger partial charge on any atom is 0.416 e. The minimum atomic E-state index is -4.32. The molecule has 6 heteroatoms. The van der Waals surface area contributed by atoms with Crippen LogP contribution in [0.2, 0.25) is 5.02 Å². The van der Waals surface area contributed by atoms with Crippen molar-refractivity contribution < 1.29 is 13.2 Å². The van der Waals surface area contributed by atoms with Crippen LogP contribution in [-0.4, -0.2) is 6.21 Å². The van der Waals surface area contributed by atoms with Crippen molar-refractivity contribution in [2.75, 3.05) is 5.43 Å². The molecule has 0 aliphatic carbocycles. The molecule has 0 aliphatic heterocycles. The van der Waals surface area contributed by atoms with Crippen LogP contribution in [0.3, 0.4) is 0 Å². The minimum Gasteiger partial charge on any atom is -0.279 e. The fourth-order valence-corrected chi connectivity index (χ4v) is 1.59. The van der Waals surface area contributed by atoms with E-state index < -0.39 is 11.7 Å². The molecule has 1 N–H and O–H groups in total. The smallest absolute Gasteiger partial charge is 0.279 e. The Balaban J connectivity index is 1.99. The molecule has 0 amide bonds. The van der Waals surface area contributed by atoms with E-state index in [0.29, 0.717) is 10.6 Å². The predicted molar refractivity (Wildman–Crippen MR) is 74.1 cm³/mol. The average molecular weight is 299 g/mol. The van der Waals surface area contributed by atoms with Crippen LogP contribution in [0, 0.1) is 0 Å². The minimum absolute atomic E-state index is 0.569. The zero-order valence-electron chi connectivity index (χ0n) is 10.2. The SMILES string of the molecule is FC(F)(F)c1ccc(/C=N/Nc2ccc(Cl)cc2)cc1. The predicted octanol–water partition coefficient (Wildman–Crippen LogP) is 4.80. The van der Waals surface area contributed by atoms with Gasteiger partial charge in [-0.05, 0) is 42.0 Å². The van der Waals surface area contributed by atoms with Crippen molar-refractivity contribution in [1.82, 2.24) is 0 Å². The highest BCUT2D eigenvalue weighted by atomic mass is 35.5. The lowest BCUT2D eigenvalue weighted by Gasteiger charge is -2.05. The lowest BCUT2D eigenvalue weighted by molar-refractivity contribution is -0.137. The maximum atomic E-state index is 12.4. The molecule has 2 aromatic rings. The molecule has 0 spiro atoms. The molecule has 0 saturated carbocycles. The first-order valence-corrected chi connectivity index (χ1v) is 6.05. The van der Waals surface area contributed by atoms with Gasteiger partial charge in [0.05, 0.1) is 17.5 Å². The van der Waals surface area contributed by atoms with Gasteiger partial charge in [0.25, 0.3) is 0 Å². The molecule has 2 aromatic carbocycles. The Labute approximate surface area is 118 Å². The maximum absolute atomic E-state index is 12.4. The first kappa shape index (κ1) is 14.4. The zero-order chi connectivity index (χ0) is 14.6. The number of hydrogen-bond acceptors (Lipinski definition) is 2. The normalized spacial score (nSPS) is 11.8. The second-order valence-corrected chi connectivity index (χ2v) is 4.43. The Morgan fingerprint density at radius 3 is 2.10 bits per heavy atom. The van der Waals surface area contributed by atoms with Crippen molar-refractivity contribution in [2.24, 2.45) is 5.10 Å². The first-order valence-electron chi connectivity index (χ1n) is 5.67. The highest BCUT2D eigenvalue weighted by Gasteiger charge is 2.29. The van der Waals surface area contributed by atoms with Gasteiger partial charge in [-0.25, -0.2) is 0 Å². The molecule has 0 aromatic heterocycles. The number of hydrazone groups is 1. The summed E-state index contributed by atoms with van der Waals surface area (Å²) in [5, 5.41) is 4.55. The van der Waals surface area contributed by atoms with E-state index in [1.165, 1.54) is 18.3 Å². The standard InChI is InChI=1S/C14H10ClF3N2/c15-12-5-7-13(8-6-12)20-19-9-10-1-3-11(4-2-10)14(16,17)18/h1-9,20H/b19-9+. The van der Waals surface area contributed by atoms with Crippen LogP contribution in [0.25, 0.3) is 0 Å². The molecular formula is C14H10ClF3N2. The number of alkyl halides is 3. The van der Waals surface area contributed by atoms with E-state index >= 15 is 0 Å². The third-order valence-electron chi connectivity index (χ3n) is 2.49. The van der Waals surface area contributed by atoms with Gasteiger partial charge in [-0.3, -0.25) is 5.43 Å². The highest BCUT2D eigenvalue weighted by Crippen LogP contribution is 2.28. The molecule has 0 heterocycles. The van der Waals surface area contributed by atoms with E-state index in [0.717, 1.165) is 17.8 Å². The lowest BCUT2D eigenvalue weighted by Crippen LogP contribution is -2.04. The monoisotopic (exact) mass is 298 g/mol. The molecule has 0 saturated heterocycles. The Bertz CT molecular complexity index is 589. The molecule has 0 atom stereocenters. The summed E-state index contributed by atoms with van der Waals surface area (Å²) in [6.45, 7) is 0. The van der Waals surface area contributed by atoms with Crippen molar-refractivity contribution >= 4 is 23.5 Å². The van der Waals surface area contributed by atoms with Crippen molar-refractivity contribution in [3.05, 3.63) is 64.7 Å². The molecule has 0 aliphatic rings. The fourth-order valence-electron chi connectivity index (χ4n) is 1.46. The Hall–Kier alpha value is -2.01. The summed E-state index contributed by atoms with van der Waals surface area (Å²) in [5.74, 6) is 0. The Morgan fingerprint density at radius 2 is 1.55 bits per heavy atom. The van der Waals surface area contributed by atoms with E-state index in [1.54, 1.807) is 24.3 Å². The molecule has 20 heavy (non-hydrogen) atoms. The number of benzene rings is 2. The summed E-state index contributed by atoms with van der Waals surface area (Å²) < 4.78 is 37.1. The third kappa shape index (κ3) is 3.99. The molecule has 0 bridgehead atoms. The summed E-state index contributed by atoms with van der Waals surface area (Å²) in [6.07, 6.45) is -2.88. The number of halogens is 4. The zero-order valence-corrected chi connectivity index (χ0v) is 10.9. The molecule has 0 fully saturated rings. The molecule has 0 radical (unpaired) electrons. The lowest BCUT2D eigenvalue weighted by atomic mass is 10.1. The fraction of sp³-hybridized carbons (Fsp3) is 0.0714.